The van der Waals surface area contributed by atoms with Gasteiger partial charge < -0.3 is 4.57 Å². The van der Waals surface area contributed by atoms with Crippen LogP contribution in [0.25, 0.3) is 21.6 Å². The van der Waals surface area contributed by atoms with E-state index in [4.69, 9.17) is 0 Å². The molecular weight excluding hydrogens is 326 g/mol. The Bertz CT molecular complexity index is 912. The Labute approximate surface area is 141 Å². The Hall–Kier alpha value is -2.25. The molecule has 0 saturated heterocycles. The first-order valence-corrected chi connectivity index (χ1v) is 8.88. The third-order valence-electron chi connectivity index (χ3n) is 3.44. The molecule has 0 bridgehead atoms. The Morgan fingerprint density at radius 1 is 1.09 bits per heavy atom. The summed E-state index contributed by atoms with van der Waals surface area (Å²) in [5.74, 6) is 1.64. The summed E-state index contributed by atoms with van der Waals surface area (Å²) in [5.41, 5.74) is 2.07. The molecule has 0 N–H and O–H groups in total. The van der Waals surface area contributed by atoms with Gasteiger partial charge in [-0.3, -0.25) is 4.98 Å². The quantitative estimate of drug-likeness (QED) is 0.530. The molecule has 0 radical (unpaired) electrons. The van der Waals surface area contributed by atoms with Gasteiger partial charge in [-0.25, -0.2) is 4.98 Å². The van der Waals surface area contributed by atoms with Crippen LogP contribution >= 0.6 is 23.1 Å². The van der Waals surface area contributed by atoms with E-state index in [-0.39, 0.29) is 0 Å². The predicted molar refractivity (Wildman–Crippen MR) is 93.4 cm³/mol. The minimum Gasteiger partial charge on any atom is -0.305 e. The molecule has 7 heteroatoms. The predicted octanol–water partition coefficient (Wildman–Crippen LogP) is 3.78. The maximum Gasteiger partial charge on any atom is 0.191 e. The summed E-state index contributed by atoms with van der Waals surface area (Å²) < 4.78 is 3.23. The number of rotatable bonds is 4. The van der Waals surface area contributed by atoms with Crippen LogP contribution in [0.2, 0.25) is 0 Å². The lowest BCUT2D eigenvalue weighted by molar-refractivity contribution is 0.793. The van der Waals surface area contributed by atoms with Crippen LogP contribution in [0, 0.1) is 0 Å². The molecule has 0 unspecified atom stereocenters. The number of nitrogens with zero attached hydrogens (tertiary/aromatic N) is 5. The topological polar surface area (TPSA) is 56.5 Å². The molecule has 1 aromatic carbocycles. The van der Waals surface area contributed by atoms with Gasteiger partial charge in [0, 0.05) is 25.0 Å². The van der Waals surface area contributed by atoms with Gasteiger partial charge in [0.1, 0.15) is 5.01 Å². The molecular formula is C16H13N5S2. The second kappa shape index (κ2) is 6.10. The van der Waals surface area contributed by atoms with Crippen LogP contribution < -0.4 is 0 Å². The standard InChI is InChI=1S/C16H13N5S2/c1-21-15(11-6-8-17-9-7-11)19-20-16(21)22-10-14-18-12-4-2-3-5-13(12)23-14/h2-9H,10H2,1H3. The van der Waals surface area contributed by atoms with E-state index >= 15 is 0 Å². The smallest absolute Gasteiger partial charge is 0.191 e. The van der Waals surface area contributed by atoms with Gasteiger partial charge in [0.05, 0.1) is 16.0 Å². The first-order chi connectivity index (χ1) is 11.3. The van der Waals surface area contributed by atoms with E-state index in [1.165, 1.54) is 4.70 Å². The fourth-order valence-electron chi connectivity index (χ4n) is 2.30. The number of pyridine rings is 1. The van der Waals surface area contributed by atoms with Gasteiger partial charge in [-0.05, 0) is 24.3 Å². The van der Waals surface area contributed by atoms with Gasteiger partial charge in [-0.1, -0.05) is 23.9 Å². The molecule has 0 aliphatic heterocycles. The number of benzene rings is 1. The summed E-state index contributed by atoms with van der Waals surface area (Å²) in [6.45, 7) is 0. The Morgan fingerprint density at radius 3 is 2.74 bits per heavy atom. The Kier molecular flexibility index (Phi) is 3.80. The molecule has 0 amide bonds. The maximum atomic E-state index is 4.65. The second-order valence-electron chi connectivity index (χ2n) is 4.97. The minimum absolute atomic E-state index is 0.793. The number of para-hydroxylation sites is 1. The van der Waals surface area contributed by atoms with E-state index < -0.39 is 0 Å². The van der Waals surface area contributed by atoms with Crippen molar-refractivity contribution < 1.29 is 0 Å². The van der Waals surface area contributed by atoms with Crippen LogP contribution in [0.1, 0.15) is 5.01 Å². The van der Waals surface area contributed by atoms with Crippen molar-refractivity contribution >= 4 is 33.3 Å². The lowest BCUT2D eigenvalue weighted by atomic mass is 10.2. The second-order valence-corrected chi connectivity index (χ2v) is 7.02. The van der Waals surface area contributed by atoms with Crippen molar-refractivity contribution in [1.82, 2.24) is 24.7 Å². The normalized spacial score (nSPS) is 11.2. The van der Waals surface area contributed by atoms with Crippen molar-refractivity contribution in [2.24, 2.45) is 7.05 Å². The number of thioether (sulfide) groups is 1. The van der Waals surface area contributed by atoms with Crippen LogP contribution in [-0.2, 0) is 12.8 Å². The summed E-state index contributed by atoms with van der Waals surface area (Å²) in [5, 5.41) is 10.6. The number of hydrogen-bond acceptors (Lipinski definition) is 6. The third-order valence-corrected chi connectivity index (χ3v) is 5.69. The maximum absolute atomic E-state index is 4.65. The van der Waals surface area contributed by atoms with Gasteiger partial charge in [0.25, 0.3) is 0 Å². The van der Waals surface area contributed by atoms with Crippen LogP contribution in [0.15, 0.2) is 53.9 Å². The Balaban J connectivity index is 1.54. The molecule has 0 fully saturated rings. The molecule has 0 saturated carbocycles. The fourth-order valence-corrected chi connectivity index (χ4v) is 4.17. The van der Waals surface area contributed by atoms with E-state index in [0.29, 0.717) is 0 Å². The number of fused-ring (bicyclic) bond motifs is 1. The van der Waals surface area contributed by atoms with Crippen LogP contribution in [0.4, 0.5) is 0 Å². The zero-order valence-electron chi connectivity index (χ0n) is 12.4. The van der Waals surface area contributed by atoms with Gasteiger partial charge in [-0.2, -0.15) is 0 Å². The van der Waals surface area contributed by atoms with Crippen molar-refractivity contribution in [3.63, 3.8) is 0 Å². The molecule has 114 valence electrons. The van der Waals surface area contributed by atoms with Crippen molar-refractivity contribution in [3.05, 3.63) is 53.8 Å². The molecule has 0 aliphatic rings. The third kappa shape index (κ3) is 2.85. The highest BCUT2D eigenvalue weighted by atomic mass is 32.2. The van der Waals surface area contributed by atoms with Crippen molar-refractivity contribution in [2.75, 3.05) is 0 Å². The molecule has 3 aromatic heterocycles. The lowest BCUT2D eigenvalue weighted by Gasteiger charge is -2.02. The van der Waals surface area contributed by atoms with Gasteiger partial charge >= 0.3 is 0 Å². The average Bonchev–Trinajstić information content (AvgIpc) is 3.17. The van der Waals surface area contributed by atoms with E-state index in [9.17, 15) is 0 Å². The monoisotopic (exact) mass is 339 g/mol. The molecule has 4 rings (SSSR count). The van der Waals surface area contributed by atoms with Crippen molar-refractivity contribution in [2.45, 2.75) is 10.9 Å². The zero-order chi connectivity index (χ0) is 15.6. The fraction of sp³-hybridized carbons (Fsp3) is 0.125. The molecule has 5 nitrogen and oxygen atoms in total. The van der Waals surface area contributed by atoms with E-state index in [2.05, 4.69) is 26.2 Å². The minimum atomic E-state index is 0.793. The molecule has 0 aliphatic carbocycles. The van der Waals surface area contributed by atoms with Gasteiger partial charge in [0.15, 0.2) is 11.0 Å². The molecule has 0 spiro atoms. The van der Waals surface area contributed by atoms with Crippen LogP contribution in [-0.4, -0.2) is 24.7 Å². The number of hydrogen-bond donors (Lipinski definition) is 0. The molecule has 3 heterocycles. The summed E-state index contributed by atoms with van der Waals surface area (Å²) in [4.78, 5) is 8.69. The molecule has 4 aromatic rings. The summed E-state index contributed by atoms with van der Waals surface area (Å²) in [7, 11) is 1.98. The first kappa shape index (κ1) is 14.3. The van der Waals surface area contributed by atoms with E-state index in [1.807, 2.05) is 41.9 Å². The summed E-state index contributed by atoms with van der Waals surface area (Å²) in [6.07, 6.45) is 3.52. The molecule has 23 heavy (non-hydrogen) atoms. The number of aromatic nitrogens is 5. The van der Waals surface area contributed by atoms with Crippen molar-refractivity contribution in [1.29, 1.82) is 0 Å². The van der Waals surface area contributed by atoms with Gasteiger partial charge in [0.2, 0.25) is 0 Å². The van der Waals surface area contributed by atoms with Gasteiger partial charge in [-0.15, -0.1) is 21.5 Å². The number of thiazole rings is 1. The Morgan fingerprint density at radius 2 is 1.91 bits per heavy atom. The van der Waals surface area contributed by atoms with E-state index in [0.717, 1.165) is 32.8 Å². The highest BCUT2D eigenvalue weighted by Gasteiger charge is 2.12. The van der Waals surface area contributed by atoms with Crippen LogP contribution in [0.3, 0.4) is 0 Å². The highest BCUT2D eigenvalue weighted by molar-refractivity contribution is 7.98. The lowest BCUT2D eigenvalue weighted by Crippen LogP contribution is -1.95. The molecule has 0 atom stereocenters. The highest BCUT2D eigenvalue weighted by Crippen LogP contribution is 2.28. The first-order valence-electron chi connectivity index (χ1n) is 7.08. The van der Waals surface area contributed by atoms with E-state index in [1.54, 1.807) is 35.5 Å². The van der Waals surface area contributed by atoms with Crippen LogP contribution in [0.5, 0.6) is 0 Å². The zero-order valence-corrected chi connectivity index (χ0v) is 14.0. The summed E-state index contributed by atoms with van der Waals surface area (Å²) >= 11 is 3.38. The summed E-state index contributed by atoms with van der Waals surface area (Å²) in [6, 6.07) is 12.1. The average molecular weight is 339 g/mol. The SMILES string of the molecule is Cn1c(SCc2nc3ccccc3s2)nnc1-c1ccncc1. The largest absolute Gasteiger partial charge is 0.305 e. The van der Waals surface area contributed by atoms with Crippen molar-refractivity contribution in [3.8, 4) is 11.4 Å².